The van der Waals surface area contributed by atoms with E-state index in [1.807, 2.05) is 6.92 Å². The van der Waals surface area contributed by atoms with Gasteiger partial charge in [-0.1, -0.05) is 18.5 Å². The second-order valence-corrected chi connectivity index (χ2v) is 8.20. The fourth-order valence-electron chi connectivity index (χ4n) is 2.73. The first kappa shape index (κ1) is 19.5. The number of hydrogen-bond acceptors (Lipinski definition) is 3. The molecule has 0 spiro atoms. The van der Waals surface area contributed by atoms with Crippen LogP contribution in [0.3, 0.4) is 0 Å². The van der Waals surface area contributed by atoms with Crippen molar-refractivity contribution in [2.45, 2.75) is 30.8 Å². The van der Waals surface area contributed by atoms with Gasteiger partial charge in [0.2, 0.25) is 10.0 Å². The van der Waals surface area contributed by atoms with E-state index in [9.17, 15) is 21.6 Å². The molecular weight excluding hydrogens is 365 g/mol. The Labute approximate surface area is 145 Å². The lowest BCUT2D eigenvalue weighted by Gasteiger charge is -2.31. The Hall–Kier alpha value is -0.830. The maximum absolute atomic E-state index is 12.9. The minimum atomic E-state index is -4.64. The smallest absolute Gasteiger partial charge is 0.317 e. The van der Waals surface area contributed by atoms with Crippen molar-refractivity contribution in [2.24, 2.45) is 5.92 Å². The molecule has 136 valence electrons. The molecule has 0 unspecified atom stereocenters. The van der Waals surface area contributed by atoms with E-state index in [1.165, 1.54) is 4.31 Å². The molecule has 0 saturated carbocycles. The van der Waals surface area contributed by atoms with Gasteiger partial charge in [-0.2, -0.15) is 17.5 Å². The van der Waals surface area contributed by atoms with Crippen molar-refractivity contribution in [3.63, 3.8) is 0 Å². The van der Waals surface area contributed by atoms with Gasteiger partial charge in [-0.05, 0) is 50.0 Å². The minimum absolute atomic E-state index is 0.245. The Balaban J connectivity index is 2.18. The van der Waals surface area contributed by atoms with Crippen molar-refractivity contribution < 1.29 is 21.6 Å². The molecule has 1 N–H and O–H groups in total. The summed E-state index contributed by atoms with van der Waals surface area (Å²) < 4.78 is 65.1. The van der Waals surface area contributed by atoms with Gasteiger partial charge < -0.3 is 5.32 Å². The fourth-order valence-corrected chi connectivity index (χ4v) is 4.57. The summed E-state index contributed by atoms with van der Waals surface area (Å²) in [6.07, 6.45) is -3.29. The summed E-state index contributed by atoms with van der Waals surface area (Å²) in [5.41, 5.74) is -1.06. The van der Waals surface area contributed by atoms with Crippen molar-refractivity contribution >= 4 is 21.6 Å². The second kappa shape index (κ2) is 7.59. The molecule has 0 radical (unpaired) electrons. The van der Waals surface area contributed by atoms with Gasteiger partial charge >= 0.3 is 6.18 Å². The summed E-state index contributed by atoms with van der Waals surface area (Å²) in [6, 6.07) is 2.44. The van der Waals surface area contributed by atoms with Gasteiger partial charge in [0.1, 0.15) is 0 Å². The maximum Gasteiger partial charge on any atom is 0.416 e. The van der Waals surface area contributed by atoms with Crippen molar-refractivity contribution in [3.8, 4) is 0 Å². The van der Waals surface area contributed by atoms with Crippen molar-refractivity contribution in [2.75, 3.05) is 26.2 Å². The first-order valence-corrected chi connectivity index (χ1v) is 9.55. The fraction of sp³-hybridized carbons (Fsp3) is 0.600. The molecule has 2 rings (SSSR count). The van der Waals surface area contributed by atoms with E-state index < -0.39 is 26.7 Å². The third kappa shape index (κ3) is 4.62. The largest absolute Gasteiger partial charge is 0.416 e. The Morgan fingerprint density at radius 2 is 1.88 bits per heavy atom. The van der Waals surface area contributed by atoms with Crippen LogP contribution in [0.5, 0.6) is 0 Å². The zero-order valence-electron chi connectivity index (χ0n) is 13.2. The summed E-state index contributed by atoms with van der Waals surface area (Å²) in [5.74, 6) is 0.376. The van der Waals surface area contributed by atoms with Crippen molar-refractivity contribution in [1.82, 2.24) is 9.62 Å². The van der Waals surface area contributed by atoms with E-state index in [4.69, 9.17) is 11.6 Å². The van der Waals surface area contributed by atoms with Gasteiger partial charge in [-0.25, -0.2) is 8.42 Å². The molecular formula is C15H20ClF3N2O2S. The van der Waals surface area contributed by atoms with E-state index in [0.29, 0.717) is 37.9 Å². The lowest BCUT2D eigenvalue weighted by Crippen LogP contribution is -2.40. The molecule has 1 aliphatic heterocycles. The zero-order valence-corrected chi connectivity index (χ0v) is 14.8. The molecule has 1 aliphatic rings. The number of rotatable bonds is 5. The summed E-state index contributed by atoms with van der Waals surface area (Å²) in [5, 5.41) is 2.98. The summed E-state index contributed by atoms with van der Waals surface area (Å²) >= 11 is 5.69. The number of nitrogens with zero attached hydrogens (tertiary/aromatic N) is 1. The first-order valence-electron chi connectivity index (χ1n) is 7.73. The summed E-state index contributed by atoms with van der Waals surface area (Å²) in [6.45, 7) is 4.26. The van der Waals surface area contributed by atoms with Crippen LogP contribution in [-0.4, -0.2) is 38.9 Å². The lowest BCUT2D eigenvalue weighted by atomic mass is 9.98. The molecule has 0 atom stereocenters. The molecule has 1 fully saturated rings. The number of hydrogen-bond donors (Lipinski definition) is 1. The molecule has 4 nitrogen and oxygen atoms in total. The zero-order chi connectivity index (χ0) is 18.0. The highest BCUT2D eigenvalue weighted by atomic mass is 35.5. The average Bonchev–Trinajstić information content (AvgIpc) is 2.52. The highest BCUT2D eigenvalue weighted by Crippen LogP contribution is 2.34. The van der Waals surface area contributed by atoms with Crippen LogP contribution >= 0.6 is 11.6 Å². The highest BCUT2D eigenvalue weighted by molar-refractivity contribution is 7.89. The third-order valence-electron chi connectivity index (χ3n) is 4.09. The monoisotopic (exact) mass is 384 g/mol. The SMILES string of the molecule is CCNCC1CCN(S(=O)(=O)c2cc(Cl)cc(C(F)(F)F)c2)CC1. The van der Waals surface area contributed by atoms with Crippen LogP contribution < -0.4 is 5.32 Å². The molecule has 0 aliphatic carbocycles. The highest BCUT2D eigenvalue weighted by Gasteiger charge is 2.34. The molecule has 0 amide bonds. The predicted molar refractivity (Wildman–Crippen MR) is 86.5 cm³/mol. The van der Waals surface area contributed by atoms with Crippen LogP contribution in [0.2, 0.25) is 5.02 Å². The molecule has 1 saturated heterocycles. The van der Waals surface area contributed by atoms with Gasteiger partial charge in [0, 0.05) is 18.1 Å². The Morgan fingerprint density at radius 1 is 1.25 bits per heavy atom. The van der Waals surface area contributed by atoms with Crippen LogP contribution in [0.15, 0.2) is 23.1 Å². The van der Waals surface area contributed by atoms with E-state index in [-0.39, 0.29) is 5.02 Å². The molecule has 1 heterocycles. The number of halogens is 4. The quantitative estimate of drug-likeness (QED) is 0.846. The van der Waals surface area contributed by atoms with Crippen LogP contribution in [0.1, 0.15) is 25.3 Å². The van der Waals surface area contributed by atoms with E-state index in [2.05, 4.69) is 5.32 Å². The number of nitrogens with one attached hydrogen (secondary N) is 1. The predicted octanol–water partition coefficient (Wildman–Crippen LogP) is 3.37. The second-order valence-electron chi connectivity index (χ2n) is 5.83. The van der Waals surface area contributed by atoms with Crippen LogP contribution in [0, 0.1) is 5.92 Å². The Kier molecular flexibility index (Phi) is 6.17. The van der Waals surface area contributed by atoms with Crippen LogP contribution in [0.25, 0.3) is 0 Å². The normalized spacial score (nSPS) is 18.0. The first-order chi connectivity index (χ1) is 11.1. The molecule has 9 heteroatoms. The molecule has 1 aromatic rings. The van der Waals surface area contributed by atoms with E-state index in [0.717, 1.165) is 25.2 Å². The summed E-state index contributed by atoms with van der Waals surface area (Å²) in [7, 11) is -3.98. The average molecular weight is 385 g/mol. The molecule has 0 aromatic heterocycles. The molecule has 1 aromatic carbocycles. The van der Waals surface area contributed by atoms with Crippen molar-refractivity contribution in [3.05, 3.63) is 28.8 Å². The van der Waals surface area contributed by atoms with Gasteiger partial charge in [-0.15, -0.1) is 0 Å². The Morgan fingerprint density at radius 3 is 2.42 bits per heavy atom. The maximum atomic E-state index is 12.9. The van der Waals surface area contributed by atoms with Gasteiger partial charge in [0.25, 0.3) is 0 Å². The van der Waals surface area contributed by atoms with Crippen LogP contribution in [0.4, 0.5) is 13.2 Å². The summed E-state index contributed by atoms with van der Waals surface area (Å²) in [4.78, 5) is -0.410. The van der Waals surface area contributed by atoms with Gasteiger partial charge in [0.15, 0.2) is 0 Å². The van der Waals surface area contributed by atoms with Crippen LogP contribution in [-0.2, 0) is 16.2 Å². The number of piperidine rings is 1. The lowest BCUT2D eigenvalue weighted by molar-refractivity contribution is -0.137. The molecule has 0 bridgehead atoms. The van der Waals surface area contributed by atoms with E-state index >= 15 is 0 Å². The topological polar surface area (TPSA) is 49.4 Å². The number of sulfonamides is 1. The standard InChI is InChI=1S/C15H20ClF3N2O2S/c1-2-20-10-11-3-5-21(6-4-11)24(22,23)14-8-12(15(17,18)19)7-13(16)9-14/h7-9,11,20H,2-6,10H2,1H3. The Bertz CT molecular complexity index is 672. The number of alkyl halides is 3. The number of benzene rings is 1. The minimum Gasteiger partial charge on any atom is -0.317 e. The van der Waals surface area contributed by atoms with Crippen molar-refractivity contribution in [1.29, 1.82) is 0 Å². The molecule has 24 heavy (non-hydrogen) atoms. The van der Waals surface area contributed by atoms with Gasteiger partial charge in [0.05, 0.1) is 10.5 Å². The van der Waals surface area contributed by atoms with Gasteiger partial charge in [-0.3, -0.25) is 0 Å². The third-order valence-corrected chi connectivity index (χ3v) is 6.19. The van der Waals surface area contributed by atoms with E-state index in [1.54, 1.807) is 0 Å².